The topological polar surface area (TPSA) is 51.8 Å². The van der Waals surface area contributed by atoms with Crippen LogP contribution in [0.1, 0.15) is 35.8 Å². The highest BCUT2D eigenvalue weighted by atomic mass is 14.9. The van der Waals surface area contributed by atoms with Crippen LogP contribution in [0.3, 0.4) is 0 Å². The van der Waals surface area contributed by atoms with Gasteiger partial charge in [-0.05, 0) is 36.5 Å². The summed E-state index contributed by atoms with van der Waals surface area (Å²) in [6, 6.07) is 18.5. The normalized spacial score (nSPS) is 15.9. The van der Waals surface area contributed by atoms with Crippen LogP contribution in [0.4, 0.5) is 0 Å². The molecule has 3 aromatic rings. The summed E-state index contributed by atoms with van der Waals surface area (Å²) in [5.41, 5.74) is 11.6. The molecule has 1 aliphatic carbocycles. The Morgan fingerprint density at radius 2 is 1.55 bits per heavy atom. The maximum Gasteiger partial charge on any atom is 0.0891 e. The van der Waals surface area contributed by atoms with Crippen molar-refractivity contribution >= 4 is 11.0 Å². The number of benzene rings is 2. The van der Waals surface area contributed by atoms with Crippen molar-refractivity contribution in [1.29, 1.82) is 0 Å². The minimum Gasteiger partial charge on any atom is -0.322 e. The lowest BCUT2D eigenvalue weighted by Gasteiger charge is -2.15. The first-order valence-corrected chi connectivity index (χ1v) is 7.86. The van der Waals surface area contributed by atoms with E-state index in [4.69, 9.17) is 15.7 Å². The molecule has 0 spiro atoms. The zero-order valence-corrected chi connectivity index (χ0v) is 12.4. The fourth-order valence-electron chi connectivity index (χ4n) is 2.92. The van der Waals surface area contributed by atoms with Gasteiger partial charge in [0.15, 0.2) is 0 Å². The standard InChI is InChI=1S/C19H19N3/c20-18(14-10-11-14)19-17(12-13-6-2-1-3-7-13)21-15-8-4-5-9-16(15)22-19/h1-9,14,18H,10-12,20H2/t18-/m1/s1. The summed E-state index contributed by atoms with van der Waals surface area (Å²) in [6.07, 6.45) is 3.20. The van der Waals surface area contributed by atoms with Gasteiger partial charge in [-0.15, -0.1) is 0 Å². The van der Waals surface area contributed by atoms with Gasteiger partial charge in [-0.3, -0.25) is 0 Å². The van der Waals surface area contributed by atoms with Crippen molar-refractivity contribution in [3.05, 3.63) is 71.5 Å². The molecule has 0 bridgehead atoms. The van der Waals surface area contributed by atoms with Gasteiger partial charge >= 0.3 is 0 Å². The minimum absolute atomic E-state index is 0.0100. The molecule has 110 valence electrons. The number of fused-ring (bicyclic) bond motifs is 1. The van der Waals surface area contributed by atoms with Gasteiger partial charge in [0, 0.05) is 6.42 Å². The average molecular weight is 289 g/mol. The monoisotopic (exact) mass is 289 g/mol. The molecule has 22 heavy (non-hydrogen) atoms. The Hall–Kier alpha value is -2.26. The average Bonchev–Trinajstić information content (AvgIpc) is 3.39. The van der Waals surface area contributed by atoms with Crippen LogP contribution in [-0.2, 0) is 6.42 Å². The lowest BCUT2D eigenvalue weighted by atomic mass is 10.0. The van der Waals surface area contributed by atoms with Gasteiger partial charge in [-0.2, -0.15) is 0 Å². The second-order valence-electron chi connectivity index (χ2n) is 6.07. The van der Waals surface area contributed by atoms with Crippen molar-refractivity contribution in [2.45, 2.75) is 25.3 Å². The molecule has 0 unspecified atom stereocenters. The highest BCUT2D eigenvalue weighted by molar-refractivity contribution is 5.74. The maximum absolute atomic E-state index is 6.44. The number of aromatic nitrogens is 2. The zero-order chi connectivity index (χ0) is 14.9. The predicted octanol–water partition coefficient (Wildman–Crippen LogP) is 3.63. The molecule has 1 aliphatic rings. The lowest BCUT2D eigenvalue weighted by molar-refractivity contribution is 0.606. The summed E-state index contributed by atoms with van der Waals surface area (Å²) >= 11 is 0. The largest absolute Gasteiger partial charge is 0.322 e. The van der Waals surface area contributed by atoms with Crippen LogP contribution >= 0.6 is 0 Å². The van der Waals surface area contributed by atoms with Crippen molar-refractivity contribution in [3.8, 4) is 0 Å². The molecule has 1 saturated carbocycles. The molecule has 1 heterocycles. The van der Waals surface area contributed by atoms with Crippen LogP contribution in [0, 0.1) is 5.92 Å². The molecular formula is C19H19N3. The SMILES string of the molecule is N[C@@H](c1nc2ccccc2nc1Cc1ccccc1)C1CC1. The quantitative estimate of drug-likeness (QED) is 0.798. The third-order valence-electron chi connectivity index (χ3n) is 4.33. The van der Waals surface area contributed by atoms with E-state index in [0.29, 0.717) is 5.92 Å². The molecule has 1 aromatic heterocycles. The van der Waals surface area contributed by atoms with Crippen LogP contribution in [0.15, 0.2) is 54.6 Å². The summed E-state index contributed by atoms with van der Waals surface area (Å²) in [5.74, 6) is 0.574. The number of hydrogen-bond donors (Lipinski definition) is 1. The van der Waals surface area contributed by atoms with Crippen LogP contribution in [0.5, 0.6) is 0 Å². The first-order valence-electron chi connectivity index (χ1n) is 7.86. The summed E-state index contributed by atoms with van der Waals surface area (Å²) in [7, 11) is 0. The van der Waals surface area contributed by atoms with E-state index in [1.807, 2.05) is 30.3 Å². The van der Waals surface area contributed by atoms with Crippen LogP contribution in [-0.4, -0.2) is 9.97 Å². The number of hydrogen-bond acceptors (Lipinski definition) is 3. The number of para-hydroxylation sites is 2. The summed E-state index contributed by atoms with van der Waals surface area (Å²) in [6.45, 7) is 0. The molecule has 2 N–H and O–H groups in total. The Morgan fingerprint density at radius 1 is 0.909 bits per heavy atom. The van der Waals surface area contributed by atoms with E-state index in [0.717, 1.165) is 28.8 Å². The van der Waals surface area contributed by atoms with E-state index in [9.17, 15) is 0 Å². The van der Waals surface area contributed by atoms with Crippen LogP contribution in [0.2, 0.25) is 0 Å². The molecule has 2 aromatic carbocycles. The van der Waals surface area contributed by atoms with E-state index in [-0.39, 0.29) is 6.04 Å². The summed E-state index contributed by atoms with van der Waals surface area (Å²) < 4.78 is 0. The first-order chi connectivity index (χ1) is 10.8. The Morgan fingerprint density at radius 3 is 2.23 bits per heavy atom. The zero-order valence-electron chi connectivity index (χ0n) is 12.4. The smallest absolute Gasteiger partial charge is 0.0891 e. The fourth-order valence-corrected chi connectivity index (χ4v) is 2.92. The van der Waals surface area contributed by atoms with Gasteiger partial charge in [0.2, 0.25) is 0 Å². The Kier molecular flexibility index (Phi) is 3.35. The van der Waals surface area contributed by atoms with E-state index >= 15 is 0 Å². The van der Waals surface area contributed by atoms with E-state index in [1.54, 1.807) is 0 Å². The Balaban J connectivity index is 1.80. The second kappa shape index (κ2) is 5.50. The molecule has 3 nitrogen and oxygen atoms in total. The number of nitrogens with zero attached hydrogens (tertiary/aromatic N) is 2. The highest BCUT2D eigenvalue weighted by Gasteiger charge is 2.32. The minimum atomic E-state index is 0.0100. The van der Waals surface area contributed by atoms with Crippen molar-refractivity contribution in [1.82, 2.24) is 9.97 Å². The fraction of sp³-hybridized carbons (Fsp3) is 0.263. The molecule has 0 aliphatic heterocycles. The molecule has 0 amide bonds. The van der Waals surface area contributed by atoms with Gasteiger partial charge in [0.1, 0.15) is 0 Å². The third kappa shape index (κ3) is 2.60. The summed E-state index contributed by atoms with van der Waals surface area (Å²) in [5, 5.41) is 0. The van der Waals surface area contributed by atoms with Gasteiger partial charge in [-0.25, -0.2) is 9.97 Å². The molecule has 0 saturated heterocycles. The van der Waals surface area contributed by atoms with E-state index < -0.39 is 0 Å². The van der Waals surface area contributed by atoms with Gasteiger partial charge < -0.3 is 5.73 Å². The predicted molar refractivity (Wildman–Crippen MR) is 88.4 cm³/mol. The molecule has 1 fully saturated rings. The molecule has 4 rings (SSSR count). The summed E-state index contributed by atoms with van der Waals surface area (Å²) in [4.78, 5) is 9.70. The molecule has 0 radical (unpaired) electrons. The number of rotatable bonds is 4. The van der Waals surface area contributed by atoms with Crippen molar-refractivity contribution in [2.75, 3.05) is 0 Å². The van der Waals surface area contributed by atoms with E-state index in [1.165, 1.54) is 18.4 Å². The van der Waals surface area contributed by atoms with Crippen molar-refractivity contribution in [2.24, 2.45) is 11.7 Å². The van der Waals surface area contributed by atoms with Crippen molar-refractivity contribution in [3.63, 3.8) is 0 Å². The van der Waals surface area contributed by atoms with Gasteiger partial charge in [-0.1, -0.05) is 42.5 Å². The Bertz CT molecular complexity index is 794. The molecular weight excluding hydrogens is 270 g/mol. The Labute approximate surface area is 130 Å². The highest BCUT2D eigenvalue weighted by Crippen LogP contribution is 2.40. The third-order valence-corrected chi connectivity index (χ3v) is 4.33. The van der Waals surface area contributed by atoms with Crippen LogP contribution < -0.4 is 5.73 Å². The second-order valence-corrected chi connectivity index (χ2v) is 6.07. The lowest BCUT2D eigenvalue weighted by Crippen LogP contribution is -2.18. The number of nitrogens with two attached hydrogens (primary N) is 1. The molecule has 1 atom stereocenters. The van der Waals surface area contributed by atoms with Gasteiger partial charge in [0.05, 0.1) is 28.5 Å². The van der Waals surface area contributed by atoms with Crippen LogP contribution in [0.25, 0.3) is 11.0 Å². The van der Waals surface area contributed by atoms with Crippen molar-refractivity contribution < 1.29 is 0 Å². The molecule has 3 heteroatoms. The first kappa shape index (κ1) is 13.4. The van der Waals surface area contributed by atoms with E-state index in [2.05, 4.69) is 24.3 Å². The van der Waals surface area contributed by atoms with Gasteiger partial charge in [0.25, 0.3) is 0 Å². The maximum atomic E-state index is 6.44.